The van der Waals surface area contributed by atoms with Crippen molar-refractivity contribution in [3.63, 3.8) is 0 Å². The first kappa shape index (κ1) is 5.37. The second kappa shape index (κ2) is 3.40. The van der Waals surface area contributed by atoms with Crippen LogP contribution in [0.4, 0.5) is 11.4 Å². The van der Waals surface area contributed by atoms with Crippen LogP contribution in [0.25, 0.3) is 0 Å². The van der Waals surface area contributed by atoms with E-state index in [2.05, 4.69) is 0 Å². The summed E-state index contributed by atoms with van der Waals surface area (Å²) < 4.78 is 20.8. The maximum absolute atomic E-state index is 10.6. The molecule has 0 unspecified atom stereocenters. The summed E-state index contributed by atoms with van der Waals surface area (Å²) in [6, 6.07) is 3.67. The Hall–Kier alpha value is -1.29. The smallest absolute Gasteiger partial charge is 0.292 e. The molecular weight excluding hydrogens is 181 g/mol. The van der Waals surface area contributed by atoms with Crippen LogP contribution in [0, 0.1) is 10.1 Å². The molecular formula is C7H7ClN2O2. The molecule has 0 saturated carbocycles. The van der Waals surface area contributed by atoms with Crippen molar-refractivity contribution in [1.82, 2.24) is 0 Å². The average molecular weight is 191 g/mol. The summed E-state index contributed by atoms with van der Waals surface area (Å²) in [5.74, 6) is 0. The van der Waals surface area contributed by atoms with Crippen LogP contribution in [0.3, 0.4) is 0 Å². The number of nitro benzene ring substituents is 1. The first-order chi connectivity index (χ1) is 6.79. The number of nitro groups is 1. The first-order valence-electron chi connectivity index (χ1n) is 4.52. The molecule has 1 aromatic carbocycles. The Kier molecular flexibility index (Phi) is 1.52. The molecule has 0 spiro atoms. The Morgan fingerprint density at radius 1 is 1.75 bits per heavy atom. The van der Waals surface area contributed by atoms with Gasteiger partial charge in [0, 0.05) is 22.2 Å². The highest BCUT2D eigenvalue weighted by molar-refractivity contribution is 6.31. The van der Waals surface area contributed by atoms with Crippen LogP contribution in [0.1, 0.15) is 4.11 Å². The second-order valence-corrected chi connectivity index (χ2v) is 2.48. The summed E-state index contributed by atoms with van der Waals surface area (Å²) in [6.07, 6.45) is 0. The highest BCUT2D eigenvalue weighted by Gasteiger charge is 2.11. The van der Waals surface area contributed by atoms with E-state index in [0.29, 0.717) is 0 Å². The summed E-state index contributed by atoms with van der Waals surface area (Å²) in [4.78, 5) is 9.88. The molecule has 5 heteroatoms. The lowest BCUT2D eigenvalue weighted by Gasteiger charge is -2.00. The summed E-state index contributed by atoms with van der Waals surface area (Å²) >= 11 is 5.60. The Bertz CT molecular complexity index is 394. The molecule has 0 fully saturated rings. The quantitative estimate of drug-likeness (QED) is 0.442. The fourth-order valence-corrected chi connectivity index (χ4v) is 0.940. The third-order valence-corrected chi connectivity index (χ3v) is 1.53. The number of hydrogen-bond donors (Lipinski definition) is 1. The van der Waals surface area contributed by atoms with Crippen LogP contribution >= 0.6 is 11.6 Å². The van der Waals surface area contributed by atoms with Gasteiger partial charge in [-0.1, -0.05) is 11.6 Å². The Morgan fingerprint density at radius 3 is 3.08 bits per heavy atom. The van der Waals surface area contributed by atoms with Gasteiger partial charge in [-0.2, -0.15) is 0 Å². The number of nitrogens with zero attached hydrogens (tertiary/aromatic N) is 1. The zero-order valence-corrected chi connectivity index (χ0v) is 6.63. The van der Waals surface area contributed by atoms with E-state index in [1.165, 1.54) is 12.1 Å². The van der Waals surface area contributed by atoms with Gasteiger partial charge >= 0.3 is 0 Å². The van der Waals surface area contributed by atoms with Crippen LogP contribution in [0.2, 0.25) is 5.02 Å². The van der Waals surface area contributed by atoms with E-state index in [1.54, 1.807) is 0 Å². The monoisotopic (exact) mass is 190 g/mol. The van der Waals surface area contributed by atoms with E-state index >= 15 is 0 Å². The lowest BCUT2D eigenvalue weighted by atomic mass is 10.3. The zero-order chi connectivity index (χ0) is 11.6. The Labute approximate surface area is 78.5 Å². The molecule has 0 aromatic heterocycles. The third-order valence-electron chi connectivity index (χ3n) is 1.29. The molecule has 0 radical (unpaired) electrons. The highest BCUT2D eigenvalue weighted by Crippen LogP contribution is 2.26. The van der Waals surface area contributed by atoms with Gasteiger partial charge in [-0.05, 0) is 12.1 Å². The molecule has 0 aliphatic heterocycles. The molecule has 0 heterocycles. The van der Waals surface area contributed by atoms with Crippen LogP contribution < -0.4 is 5.32 Å². The van der Waals surface area contributed by atoms with Crippen molar-refractivity contribution < 1.29 is 9.04 Å². The normalized spacial score (nSPS) is 14.2. The van der Waals surface area contributed by atoms with Gasteiger partial charge in [0.15, 0.2) is 0 Å². The van der Waals surface area contributed by atoms with Crippen molar-refractivity contribution in [1.29, 1.82) is 0 Å². The van der Waals surface area contributed by atoms with Crippen molar-refractivity contribution in [2.75, 3.05) is 12.3 Å². The minimum Gasteiger partial charge on any atom is -0.383 e. The van der Waals surface area contributed by atoms with Crippen molar-refractivity contribution in [2.45, 2.75) is 0 Å². The van der Waals surface area contributed by atoms with E-state index in [9.17, 15) is 10.1 Å². The van der Waals surface area contributed by atoms with E-state index in [0.717, 1.165) is 6.07 Å². The lowest BCUT2D eigenvalue weighted by Crippen LogP contribution is -1.95. The van der Waals surface area contributed by atoms with Gasteiger partial charge in [-0.25, -0.2) is 0 Å². The van der Waals surface area contributed by atoms with Crippen LogP contribution in [-0.4, -0.2) is 11.9 Å². The Balaban J connectivity index is 3.13. The zero-order valence-electron chi connectivity index (χ0n) is 8.87. The molecule has 4 nitrogen and oxygen atoms in total. The summed E-state index contributed by atoms with van der Waals surface area (Å²) in [6.45, 7) is -2.49. The van der Waals surface area contributed by atoms with Gasteiger partial charge in [-0.3, -0.25) is 10.1 Å². The van der Waals surface area contributed by atoms with Gasteiger partial charge < -0.3 is 5.32 Å². The van der Waals surface area contributed by atoms with Gasteiger partial charge in [0.1, 0.15) is 5.69 Å². The van der Waals surface area contributed by atoms with E-state index < -0.39 is 11.9 Å². The summed E-state index contributed by atoms with van der Waals surface area (Å²) in [7, 11) is 0. The largest absolute Gasteiger partial charge is 0.383 e. The van der Waals surface area contributed by atoms with Crippen molar-refractivity contribution in [3.05, 3.63) is 33.3 Å². The standard InChI is InChI=1S/C7H7ClN2O2/c1-9-6-4-5(8)2-3-7(6)10(11)12/h2-4,9H,1H3/i1+1D3. The van der Waals surface area contributed by atoms with Crippen molar-refractivity contribution in [2.24, 2.45) is 0 Å². The summed E-state index contributed by atoms with van der Waals surface area (Å²) in [5, 5.41) is 12.8. The molecule has 1 N–H and O–H groups in total. The predicted octanol–water partition coefficient (Wildman–Crippen LogP) is 2.29. The van der Waals surface area contributed by atoms with Gasteiger partial charge in [-0.15, -0.1) is 0 Å². The van der Waals surface area contributed by atoms with E-state index in [4.69, 9.17) is 15.7 Å². The first-order valence-corrected chi connectivity index (χ1v) is 3.39. The predicted molar refractivity (Wildman–Crippen MR) is 47.7 cm³/mol. The van der Waals surface area contributed by atoms with Crippen molar-refractivity contribution in [3.8, 4) is 0 Å². The minimum atomic E-state index is -2.49. The number of rotatable bonds is 2. The third kappa shape index (κ3) is 1.65. The van der Waals surface area contributed by atoms with Gasteiger partial charge in [0.2, 0.25) is 0 Å². The number of anilines is 1. The molecule has 64 valence electrons. The molecule has 1 aromatic rings. The maximum Gasteiger partial charge on any atom is 0.292 e. The number of benzene rings is 1. The SMILES string of the molecule is [2H][13C]([2H])([2H])Nc1cc(Cl)ccc1[N+](=O)[O-]. The van der Waals surface area contributed by atoms with E-state index in [1.807, 2.05) is 5.32 Å². The lowest BCUT2D eigenvalue weighted by molar-refractivity contribution is -0.383. The van der Waals surface area contributed by atoms with E-state index in [-0.39, 0.29) is 16.4 Å². The fraction of sp³-hybridized carbons (Fsp3) is 0.143. The topological polar surface area (TPSA) is 55.2 Å². The minimum absolute atomic E-state index is 0.118. The van der Waals surface area contributed by atoms with Gasteiger partial charge in [0.05, 0.1) is 4.92 Å². The molecule has 0 atom stereocenters. The molecule has 0 aliphatic rings. The molecule has 0 amide bonds. The second-order valence-electron chi connectivity index (χ2n) is 2.04. The maximum atomic E-state index is 10.6. The number of nitrogens with one attached hydrogen (secondary N) is 1. The molecule has 0 saturated heterocycles. The molecule has 1 rings (SSSR count). The van der Waals surface area contributed by atoms with Crippen LogP contribution in [0.5, 0.6) is 0 Å². The molecule has 0 bridgehead atoms. The number of hydrogen-bond acceptors (Lipinski definition) is 3. The average Bonchev–Trinajstić information content (AvgIpc) is 1.99. The summed E-state index contributed by atoms with van der Waals surface area (Å²) in [5.41, 5.74) is -0.442. The Morgan fingerprint density at radius 2 is 2.50 bits per heavy atom. The number of halogens is 1. The highest BCUT2D eigenvalue weighted by atomic mass is 35.5. The van der Waals surface area contributed by atoms with Gasteiger partial charge in [0.25, 0.3) is 5.69 Å². The molecule has 12 heavy (non-hydrogen) atoms. The van der Waals surface area contributed by atoms with Crippen LogP contribution in [0.15, 0.2) is 18.2 Å². The van der Waals surface area contributed by atoms with Crippen LogP contribution in [-0.2, 0) is 0 Å². The fourth-order valence-electron chi connectivity index (χ4n) is 0.768. The van der Waals surface area contributed by atoms with Crippen molar-refractivity contribution >= 4 is 23.0 Å². The molecule has 0 aliphatic carbocycles.